The quantitative estimate of drug-likeness (QED) is 0.876. The first kappa shape index (κ1) is 16.3. The number of anilines is 1. The molecule has 0 aliphatic rings. The van der Waals surface area contributed by atoms with Gasteiger partial charge in [-0.1, -0.05) is 0 Å². The molecule has 8 heteroatoms. The summed E-state index contributed by atoms with van der Waals surface area (Å²) in [5, 5.41) is 9.04. The molecule has 0 fully saturated rings. The predicted octanol–water partition coefficient (Wildman–Crippen LogP) is 2.31. The SMILES string of the molecule is COC(=O)c1c(N)c(C#N)cn1-c1cc(OC)c(C)c(F)c1F. The summed E-state index contributed by atoms with van der Waals surface area (Å²) in [5.41, 5.74) is 4.87. The molecule has 0 radical (unpaired) electrons. The van der Waals surface area contributed by atoms with E-state index in [1.807, 2.05) is 0 Å². The number of nitrogen functional groups attached to an aromatic ring is 1. The van der Waals surface area contributed by atoms with E-state index in [9.17, 15) is 13.6 Å². The summed E-state index contributed by atoms with van der Waals surface area (Å²) in [6.45, 7) is 1.35. The highest BCUT2D eigenvalue weighted by Crippen LogP contribution is 2.32. The average molecular weight is 321 g/mol. The number of benzene rings is 1. The number of methoxy groups -OCH3 is 2. The van der Waals surface area contributed by atoms with Crippen molar-refractivity contribution in [2.24, 2.45) is 0 Å². The minimum atomic E-state index is -1.20. The van der Waals surface area contributed by atoms with Gasteiger partial charge in [0.2, 0.25) is 0 Å². The van der Waals surface area contributed by atoms with Crippen LogP contribution in [0.3, 0.4) is 0 Å². The second-order valence-corrected chi connectivity index (χ2v) is 4.63. The molecule has 1 aromatic carbocycles. The Morgan fingerprint density at radius 3 is 2.52 bits per heavy atom. The van der Waals surface area contributed by atoms with Gasteiger partial charge in [-0.15, -0.1) is 0 Å². The smallest absolute Gasteiger partial charge is 0.357 e. The van der Waals surface area contributed by atoms with Crippen LogP contribution in [0.25, 0.3) is 5.69 Å². The average Bonchev–Trinajstić information content (AvgIpc) is 2.88. The zero-order valence-corrected chi connectivity index (χ0v) is 12.6. The fraction of sp³-hybridized carbons (Fsp3) is 0.200. The maximum absolute atomic E-state index is 14.3. The summed E-state index contributed by atoms with van der Waals surface area (Å²) < 4.78 is 38.9. The monoisotopic (exact) mass is 321 g/mol. The van der Waals surface area contributed by atoms with E-state index >= 15 is 0 Å². The molecule has 6 nitrogen and oxygen atoms in total. The van der Waals surface area contributed by atoms with Gasteiger partial charge in [-0.25, -0.2) is 13.6 Å². The lowest BCUT2D eigenvalue weighted by molar-refractivity contribution is 0.0593. The van der Waals surface area contributed by atoms with Crippen molar-refractivity contribution in [2.45, 2.75) is 6.92 Å². The van der Waals surface area contributed by atoms with Gasteiger partial charge in [0.25, 0.3) is 0 Å². The van der Waals surface area contributed by atoms with Crippen molar-refractivity contribution in [3.63, 3.8) is 0 Å². The highest BCUT2D eigenvalue weighted by Gasteiger charge is 2.25. The Bertz CT molecular complexity index is 838. The summed E-state index contributed by atoms with van der Waals surface area (Å²) in [6, 6.07) is 2.99. The number of hydrogen-bond donors (Lipinski definition) is 1. The first-order chi connectivity index (χ1) is 10.9. The number of nitrogens with two attached hydrogens (primary N) is 1. The van der Waals surface area contributed by atoms with Crippen molar-refractivity contribution >= 4 is 11.7 Å². The maximum atomic E-state index is 14.3. The van der Waals surface area contributed by atoms with Crippen molar-refractivity contribution in [1.82, 2.24) is 4.57 Å². The van der Waals surface area contributed by atoms with Gasteiger partial charge in [-0.05, 0) is 6.92 Å². The van der Waals surface area contributed by atoms with Crippen LogP contribution in [-0.2, 0) is 4.74 Å². The van der Waals surface area contributed by atoms with Crippen LogP contribution >= 0.6 is 0 Å². The van der Waals surface area contributed by atoms with Crippen LogP contribution in [0.4, 0.5) is 14.5 Å². The van der Waals surface area contributed by atoms with Crippen LogP contribution in [0, 0.1) is 29.9 Å². The number of nitriles is 1. The minimum absolute atomic E-state index is 0.0194. The van der Waals surface area contributed by atoms with E-state index in [1.54, 1.807) is 6.07 Å². The largest absolute Gasteiger partial charge is 0.496 e. The molecule has 2 N–H and O–H groups in total. The van der Waals surface area contributed by atoms with Gasteiger partial charge in [-0.3, -0.25) is 0 Å². The molecular formula is C15H13F2N3O3. The van der Waals surface area contributed by atoms with Crippen LogP contribution in [0.1, 0.15) is 21.6 Å². The Balaban J connectivity index is 2.85. The molecule has 2 aromatic rings. The molecule has 0 aliphatic carbocycles. The number of aromatic nitrogens is 1. The van der Waals surface area contributed by atoms with Crippen LogP contribution in [-0.4, -0.2) is 24.8 Å². The van der Waals surface area contributed by atoms with Gasteiger partial charge in [0.15, 0.2) is 17.3 Å². The fourth-order valence-corrected chi connectivity index (χ4v) is 2.17. The first-order valence-electron chi connectivity index (χ1n) is 6.39. The number of nitrogens with zero attached hydrogens (tertiary/aromatic N) is 2. The lowest BCUT2D eigenvalue weighted by atomic mass is 10.1. The third-order valence-electron chi connectivity index (χ3n) is 3.41. The Kier molecular flexibility index (Phi) is 4.22. The molecule has 1 heterocycles. The summed E-state index contributed by atoms with van der Waals surface area (Å²) in [6.07, 6.45) is 1.13. The van der Waals surface area contributed by atoms with Crippen molar-refractivity contribution < 1.29 is 23.0 Å². The lowest BCUT2D eigenvalue weighted by Crippen LogP contribution is -2.13. The molecule has 0 spiro atoms. The van der Waals surface area contributed by atoms with Gasteiger partial charge in [0.1, 0.15) is 11.8 Å². The number of carbonyl (C=O) groups is 1. The van der Waals surface area contributed by atoms with Crippen molar-refractivity contribution in [3.05, 3.63) is 40.7 Å². The molecule has 23 heavy (non-hydrogen) atoms. The van der Waals surface area contributed by atoms with E-state index in [2.05, 4.69) is 4.74 Å². The normalized spacial score (nSPS) is 10.3. The number of hydrogen-bond acceptors (Lipinski definition) is 5. The Morgan fingerprint density at radius 1 is 1.35 bits per heavy atom. The number of ether oxygens (including phenoxy) is 2. The molecule has 0 aliphatic heterocycles. The topological polar surface area (TPSA) is 90.3 Å². The Hall–Kier alpha value is -3.08. The Morgan fingerprint density at radius 2 is 2.00 bits per heavy atom. The summed E-state index contributed by atoms with van der Waals surface area (Å²) in [4.78, 5) is 11.9. The molecule has 1 aromatic heterocycles. The molecule has 120 valence electrons. The molecule has 0 saturated heterocycles. The first-order valence-corrected chi connectivity index (χ1v) is 6.39. The molecular weight excluding hydrogens is 308 g/mol. The number of rotatable bonds is 3. The van der Waals surface area contributed by atoms with Crippen LogP contribution in [0.5, 0.6) is 5.75 Å². The van der Waals surface area contributed by atoms with E-state index < -0.39 is 17.6 Å². The predicted molar refractivity (Wildman–Crippen MR) is 77.4 cm³/mol. The van der Waals surface area contributed by atoms with E-state index in [0.29, 0.717) is 0 Å². The van der Waals surface area contributed by atoms with E-state index in [0.717, 1.165) is 17.9 Å². The van der Waals surface area contributed by atoms with E-state index in [1.165, 1.54) is 20.1 Å². The second kappa shape index (κ2) is 5.96. The minimum Gasteiger partial charge on any atom is -0.496 e. The van der Waals surface area contributed by atoms with Crippen molar-refractivity contribution in [1.29, 1.82) is 5.26 Å². The summed E-state index contributed by atoms with van der Waals surface area (Å²) >= 11 is 0. The standard InChI is InChI=1S/C15H13F2N3O3/c1-7-10(22-2)4-9(12(17)11(7)16)20-6-8(5-18)13(19)14(20)15(21)23-3/h4,6H,19H2,1-3H3. The summed E-state index contributed by atoms with van der Waals surface area (Å²) in [5.74, 6) is -3.13. The molecule has 0 saturated carbocycles. The number of carbonyl (C=O) groups excluding carboxylic acids is 1. The van der Waals surface area contributed by atoms with Gasteiger partial charge in [-0.2, -0.15) is 5.26 Å². The van der Waals surface area contributed by atoms with Crippen LogP contribution < -0.4 is 10.5 Å². The maximum Gasteiger partial charge on any atom is 0.357 e. The second-order valence-electron chi connectivity index (χ2n) is 4.63. The van der Waals surface area contributed by atoms with E-state index in [4.69, 9.17) is 15.7 Å². The van der Waals surface area contributed by atoms with Crippen molar-refractivity contribution in [3.8, 4) is 17.5 Å². The zero-order valence-electron chi connectivity index (χ0n) is 12.6. The number of esters is 1. The molecule has 2 rings (SSSR count). The van der Waals surface area contributed by atoms with Gasteiger partial charge in [0.05, 0.1) is 31.2 Å². The zero-order chi connectivity index (χ0) is 17.3. The fourth-order valence-electron chi connectivity index (χ4n) is 2.17. The van der Waals surface area contributed by atoms with Crippen LogP contribution in [0.15, 0.2) is 12.3 Å². The molecule has 0 bridgehead atoms. The Labute approximate surface area is 130 Å². The molecule has 0 unspecified atom stereocenters. The molecule has 0 atom stereocenters. The third-order valence-corrected chi connectivity index (χ3v) is 3.41. The summed E-state index contributed by atoms with van der Waals surface area (Å²) in [7, 11) is 2.41. The molecule has 0 amide bonds. The lowest BCUT2D eigenvalue weighted by Gasteiger charge is -2.13. The number of halogens is 2. The van der Waals surface area contributed by atoms with Crippen LogP contribution in [0.2, 0.25) is 0 Å². The highest BCUT2D eigenvalue weighted by molar-refractivity contribution is 5.96. The van der Waals surface area contributed by atoms with Gasteiger partial charge in [0, 0.05) is 17.8 Å². The van der Waals surface area contributed by atoms with Gasteiger partial charge >= 0.3 is 5.97 Å². The third kappa shape index (κ3) is 2.46. The van der Waals surface area contributed by atoms with Crippen molar-refractivity contribution in [2.75, 3.05) is 20.0 Å². The van der Waals surface area contributed by atoms with E-state index in [-0.39, 0.29) is 33.9 Å². The highest BCUT2D eigenvalue weighted by atomic mass is 19.2. The van der Waals surface area contributed by atoms with Gasteiger partial charge < -0.3 is 19.8 Å².